The quantitative estimate of drug-likeness (QED) is 0.144. The molecule has 0 atom stereocenters. The average Bonchev–Trinajstić information content (AvgIpc) is 2.56. The van der Waals surface area contributed by atoms with Crippen LogP contribution in [0.15, 0.2) is 12.2 Å². The minimum absolute atomic E-state index is 0. The van der Waals surface area contributed by atoms with E-state index in [1.807, 2.05) is 0 Å². The van der Waals surface area contributed by atoms with Crippen molar-refractivity contribution in [1.29, 1.82) is 0 Å². The van der Waals surface area contributed by atoms with Gasteiger partial charge < -0.3 is 10.7 Å². The number of hydrogen-bond donors (Lipinski definition) is 1. The average molecular weight is 394 g/mol. The maximum Gasteiger partial charge on any atom is 0.218 e. The molecule has 0 aromatic rings. The Hall–Kier alpha value is -0.760. The smallest absolute Gasteiger partial charge is 0.218 e. The summed E-state index contributed by atoms with van der Waals surface area (Å²) in [5.74, 6) is -0.336. The van der Waals surface area contributed by atoms with Gasteiger partial charge in [-0.1, -0.05) is 70.4 Å². The zero-order valence-corrected chi connectivity index (χ0v) is 17.5. The zero-order chi connectivity index (χ0) is 18.8. The standard InChI is InChI=1S/C19H36O5S.H3N/c1-2-3-4-5-6-7-8-9-10-11-12-13-14-15-16-17-19(20)18-24-25(21,22)23;/h9-10H,2-8,11-18H2,1H3,(H,21,22,23);1H3/b10-9-;. The predicted molar refractivity (Wildman–Crippen MR) is 106 cm³/mol. The fourth-order valence-electron chi connectivity index (χ4n) is 2.60. The number of quaternary nitrogens is 1. The van der Waals surface area contributed by atoms with Gasteiger partial charge in [0.15, 0.2) is 5.78 Å². The molecule has 156 valence electrons. The van der Waals surface area contributed by atoms with Gasteiger partial charge in [-0.05, 0) is 32.1 Å². The van der Waals surface area contributed by atoms with Crippen LogP contribution in [0.25, 0.3) is 0 Å². The van der Waals surface area contributed by atoms with Crippen LogP contribution >= 0.6 is 0 Å². The molecule has 6 nitrogen and oxygen atoms in total. The molecule has 0 unspecified atom stereocenters. The highest BCUT2D eigenvalue weighted by Crippen LogP contribution is 2.10. The molecule has 7 heteroatoms. The van der Waals surface area contributed by atoms with E-state index < -0.39 is 17.0 Å². The molecule has 0 bridgehead atoms. The van der Waals surface area contributed by atoms with Crippen molar-refractivity contribution < 1.29 is 21.9 Å². The van der Waals surface area contributed by atoms with Gasteiger partial charge in [0.25, 0.3) is 0 Å². The predicted octanol–water partition coefficient (Wildman–Crippen LogP) is 5.45. The molecule has 0 amide bonds. The maximum atomic E-state index is 11.3. The lowest BCUT2D eigenvalue weighted by atomic mass is 10.1. The summed E-state index contributed by atoms with van der Waals surface area (Å²) in [6.07, 6.45) is 20.2. The number of carbonyl (C=O) groups excluding carboxylic acids is 1. The van der Waals surface area contributed by atoms with Crippen LogP contribution in [0.5, 0.6) is 0 Å². The van der Waals surface area contributed by atoms with Crippen LogP contribution in [-0.2, 0) is 19.4 Å². The Morgan fingerprint density at radius 3 is 1.81 bits per heavy atom. The first-order valence-electron chi connectivity index (χ1n) is 9.72. The summed E-state index contributed by atoms with van der Waals surface area (Å²) in [6, 6.07) is 0. The van der Waals surface area contributed by atoms with Crippen LogP contribution in [0, 0.1) is 0 Å². The van der Waals surface area contributed by atoms with Crippen LogP contribution in [0.4, 0.5) is 0 Å². The van der Waals surface area contributed by atoms with E-state index in [0.717, 1.165) is 32.1 Å². The molecule has 0 aliphatic heterocycles. The lowest BCUT2D eigenvalue weighted by molar-refractivity contribution is -0.121. The Labute approximate surface area is 160 Å². The largest absolute Gasteiger partial charge is 0.726 e. The van der Waals surface area contributed by atoms with E-state index in [1.54, 1.807) is 0 Å². The normalized spacial score (nSPS) is 11.6. The Morgan fingerprint density at radius 1 is 0.846 bits per heavy atom. The van der Waals surface area contributed by atoms with Crippen LogP contribution in [0.1, 0.15) is 96.8 Å². The molecule has 0 radical (unpaired) electrons. The van der Waals surface area contributed by atoms with E-state index in [9.17, 15) is 17.8 Å². The van der Waals surface area contributed by atoms with Gasteiger partial charge in [-0.2, -0.15) is 0 Å². The van der Waals surface area contributed by atoms with Crippen molar-refractivity contribution in [2.24, 2.45) is 0 Å². The third-order valence-corrected chi connectivity index (χ3v) is 4.49. The number of ketones is 1. The highest BCUT2D eigenvalue weighted by molar-refractivity contribution is 7.80. The van der Waals surface area contributed by atoms with Crippen molar-refractivity contribution in [2.45, 2.75) is 96.8 Å². The van der Waals surface area contributed by atoms with Gasteiger partial charge in [-0.25, -0.2) is 8.42 Å². The number of rotatable bonds is 18. The first kappa shape index (κ1) is 27.5. The van der Waals surface area contributed by atoms with E-state index in [0.29, 0.717) is 0 Å². The monoisotopic (exact) mass is 393 g/mol. The highest BCUT2D eigenvalue weighted by Gasteiger charge is 2.04. The Bertz CT molecular complexity index is 449. The van der Waals surface area contributed by atoms with Crippen molar-refractivity contribution in [3.8, 4) is 0 Å². The van der Waals surface area contributed by atoms with Gasteiger partial charge >= 0.3 is 0 Å². The van der Waals surface area contributed by atoms with Crippen LogP contribution in [-0.4, -0.2) is 25.4 Å². The molecule has 26 heavy (non-hydrogen) atoms. The van der Waals surface area contributed by atoms with E-state index in [-0.39, 0.29) is 18.4 Å². The minimum Gasteiger partial charge on any atom is -0.726 e. The second kappa shape index (κ2) is 19.0. The van der Waals surface area contributed by atoms with Crippen molar-refractivity contribution >= 4 is 16.2 Å². The van der Waals surface area contributed by atoms with Crippen molar-refractivity contribution in [3.63, 3.8) is 0 Å². The van der Waals surface area contributed by atoms with Gasteiger partial charge in [0.1, 0.15) is 6.61 Å². The summed E-state index contributed by atoms with van der Waals surface area (Å²) in [5.41, 5.74) is 0. The Balaban J connectivity index is 0. The van der Waals surface area contributed by atoms with Gasteiger partial charge in [0, 0.05) is 6.42 Å². The number of hydrogen-bond acceptors (Lipinski definition) is 5. The van der Waals surface area contributed by atoms with Crippen LogP contribution < -0.4 is 6.15 Å². The molecule has 0 aliphatic rings. The van der Waals surface area contributed by atoms with Gasteiger partial charge in [-0.3, -0.25) is 8.98 Å². The van der Waals surface area contributed by atoms with E-state index in [4.69, 9.17) is 0 Å². The molecule has 0 rings (SSSR count). The summed E-state index contributed by atoms with van der Waals surface area (Å²) in [7, 11) is -4.76. The van der Waals surface area contributed by atoms with Crippen molar-refractivity contribution in [3.05, 3.63) is 12.2 Å². The zero-order valence-electron chi connectivity index (χ0n) is 16.7. The lowest BCUT2D eigenvalue weighted by Gasteiger charge is -2.06. The van der Waals surface area contributed by atoms with E-state index in [2.05, 4.69) is 23.3 Å². The number of carbonyl (C=O) groups is 1. The van der Waals surface area contributed by atoms with Crippen LogP contribution in [0.2, 0.25) is 0 Å². The molecule has 0 saturated carbocycles. The van der Waals surface area contributed by atoms with Crippen molar-refractivity contribution in [2.75, 3.05) is 6.61 Å². The molecule has 0 heterocycles. The Kier molecular flexibility index (Phi) is 20.1. The third kappa shape index (κ3) is 23.2. The first-order chi connectivity index (χ1) is 12.0. The maximum absolute atomic E-state index is 11.3. The SMILES string of the molecule is CCCCCCCC/C=C\CCCCCCCC(=O)COS(=O)(=O)[O-].[NH4+]. The lowest BCUT2D eigenvalue weighted by Crippen LogP contribution is -2.13. The molecule has 0 fully saturated rings. The molecular formula is C19H39NO5S. The number of Topliss-reactive ketones (excluding diaryl/α,β-unsaturated/α-hetero) is 1. The summed E-state index contributed by atoms with van der Waals surface area (Å²) in [6.45, 7) is 1.61. The first-order valence-corrected chi connectivity index (χ1v) is 11.1. The molecule has 0 spiro atoms. The van der Waals surface area contributed by atoms with E-state index in [1.165, 1.54) is 51.4 Å². The summed E-state index contributed by atoms with van der Waals surface area (Å²) in [4.78, 5) is 11.3. The molecule has 0 aromatic heterocycles. The molecule has 4 N–H and O–H groups in total. The second-order valence-corrected chi connectivity index (χ2v) is 7.60. The van der Waals surface area contributed by atoms with Crippen molar-refractivity contribution in [1.82, 2.24) is 6.15 Å². The molecular weight excluding hydrogens is 354 g/mol. The van der Waals surface area contributed by atoms with Crippen LogP contribution in [0.3, 0.4) is 0 Å². The molecule has 0 aromatic carbocycles. The second-order valence-electron chi connectivity index (χ2n) is 6.54. The fraction of sp³-hybridized carbons (Fsp3) is 0.842. The number of allylic oxidation sites excluding steroid dienone is 2. The minimum atomic E-state index is -4.76. The summed E-state index contributed by atoms with van der Waals surface area (Å²) < 4.78 is 34.6. The third-order valence-electron chi connectivity index (χ3n) is 4.08. The molecule has 0 aliphatic carbocycles. The Morgan fingerprint density at radius 2 is 1.31 bits per heavy atom. The van der Waals surface area contributed by atoms with Gasteiger partial charge in [0.05, 0.1) is 0 Å². The van der Waals surface area contributed by atoms with Gasteiger partial charge in [-0.15, -0.1) is 0 Å². The van der Waals surface area contributed by atoms with E-state index >= 15 is 0 Å². The topological polar surface area (TPSA) is 120 Å². The summed E-state index contributed by atoms with van der Waals surface area (Å²) >= 11 is 0. The highest BCUT2D eigenvalue weighted by atomic mass is 32.3. The summed E-state index contributed by atoms with van der Waals surface area (Å²) in [5, 5.41) is 0. The van der Waals surface area contributed by atoms with Gasteiger partial charge in [0.2, 0.25) is 10.4 Å². The number of unbranched alkanes of at least 4 members (excludes halogenated alkanes) is 11. The molecule has 0 saturated heterocycles. The fourth-order valence-corrected chi connectivity index (χ4v) is 2.88.